The summed E-state index contributed by atoms with van der Waals surface area (Å²) in [6.45, 7) is 2.67. The zero-order valence-corrected chi connectivity index (χ0v) is 5.59. The first-order chi connectivity index (χ1) is 3.81. The largest absolute Gasteiger partial charge is 0.412 e. The molecule has 0 saturated carbocycles. The number of hydrogen-bond acceptors (Lipinski definition) is 3. The number of hydrogen-bond donors (Lipinski definition) is 3. The van der Waals surface area contributed by atoms with Crippen molar-refractivity contribution in [2.24, 2.45) is 0 Å². The lowest BCUT2D eigenvalue weighted by molar-refractivity contribution is 0.234. The van der Waals surface area contributed by atoms with Crippen LogP contribution in [0.5, 0.6) is 0 Å². The lowest BCUT2D eigenvalue weighted by Crippen LogP contribution is -2.31. The molecule has 1 atom stereocenters. The predicted molar refractivity (Wildman–Crippen MR) is 35.3 cm³/mol. The second kappa shape index (κ2) is 7.84. The van der Waals surface area contributed by atoms with Gasteiger partial charge in [0.1, 0.15) is 0 Å². The molecule has 0 saturated heterocycles. The summed E-state index contributed by atoms with van der Waals surface area (Å²) in [6.07, 6.45) is 0. The fourth-order valence-corrected chi connectivity index (χ4v) is 0.375. The Morgan fingerprint density at radius 1 is 1.44 bits per heavy atom. The van der Waals surface area contributed by atoms with Crippen LogP contribution >= 0.6 is 0 Å². The van der Waals surface area contributed by atoms with E-state index in [2.05, 4.69) is 5.32 Å². The molecule has 0 amide bonds. The Hall–Kier alpha value is -0.160. The molecule has 4 heteroatoms. The SMILES string of the molecule is CC(CO)NCCO.O. The first-order valence-electron chi connectivity index (χ1n) is 2.76. The van der Waals surface area contributed by atoms with E-state index in [0.717, 1.165) is 0 Å². The maximum absolute atomic E-state index is 8.42. The van der Waals surface area contributed by atoms with E-state index in [4.69, 9.17) is 10.2 Å². The minimum absolute atomic E-state index is 0. The molecule has 0 radical (unpaired) electrons. The van der Waals surface area contributed by atoms with E-state index in [1.165, 1.54) is 0 Å². The van der Waals surface area contributed by atoms with Crippen LogP contribution in [-0.2, 0) is 0 Å². The third kappa shape index (κ3) is 7.84. The van der Waals surface area contributed by atoms with Gasteiger partial charge in [-0.1, -0.05) is 0 Å². The van der Waals surface area contributed by atoms with Gasteiger partial charge in [0.2, 0.25) is 0 Å². The van der Waals surface area contributed by atoms with Crippen LogP contribution in [-0.4, -0.2) is 41.5 Å². The number of aliphatic hydroxyl groups excluding tert-OH is 2. The van der Waals surface area contributed by atoms with Gasteiger partial charge < -0.3 is 21.0 Å². The maximum atomic E-state index is 8.42. The molecule has 0 bridgehead atoms. The molecule has 1 unspecified atom stereocenters. The van der Waals surface area contributed by atoms with Crippen molar-refractivity contribution in [3.8, 4) is 0 Å². The third-order valence-electron chi connectivity index (χ3n) is 0.878. The number of rotatable bonds is 4. The molecule has 5 N–H and O–H groups in total. The highest BCUT2D eigenvalue weighted by Gasteiger charge is 1.93. The molecule has 0 aromatic rings. The summed E-state index contributed by atoms with van der Waals surface area (Å²) in [5.74, 6) is 0. The van der Waals surface area contributed by atoms with Crippen LogP contribution in [0.4, 0.5) is 0 Å². The van der Waals surface area contributed by atoms with E-state index < -0.39 is 0 Å². The summed E-state index contributed by atoms with van der Waals surface area (Å²) in [5, 5.41) is 19.6. The third-order valence-corrected chi connectivity index (χ3v) is 0.878. The van der Waals surface area contributed by atoms with Crippen LogP contribution < -0.4 is 5.32 Å². The molecule has 0 aliphatic heterocycles. The van der Waals surface area contributed by atoms with Crippen LogP contribution in [0.25, 0.3) is 0 Å². The average molecular weight is 137 g/mol. The van der Waals surface area contributed by atoms with E-state index in [-0.39, 0.29) is 24.7 Å². The first-order valence-corrected chi connectivity index (χ1v) is 2.76. The van der Waals surface area contributed by atoms with E-state index >= 15 is 0 Å². The van der Waals surface area contributed by atoms with Crippen molar-refractivity contribution in [2.45, 2.75) is 13.0 Å². The van der Waals surface area contributed by atoms with E-state index in [1.807, 2.05) is 6.92 Å². The summed E-state index contributed by atoms with van der Waals surface area (Å²) >= 11 is 0. The molecule has 0 fully saturated rings. The molecule has 0 spiro atoms. The van der Waals surface area contributed by atoms with Crippen molar-refractivity contribution in [3.05, 3.63) is 0 Å². The second-order valence-corrected chi connectivity index (χ2v) is 1.76. The van der Waals surface area contributed by atoms with E-state index in [0.29, 0.717) is 6.54 Å². The van der Waals surface area contributed by atoms with Gasteiger partial charge >= 0.3 is 0 Å². The Balaban J connectivity index is 0. The van der Waals surface area contributed by atoms with Crippen molar-refractivity contribution < 1.29 is 15.7 Å². The highest BCUT2D eigenvalue weighted by molar-refractivity contribution is 4.55. The van der Waals surface area contributed by atoms with E-state index in [1.54, 1.807) is 0 Å². The monoisotopic (exact) mass is 137 g/mol. The maximum Gasteiger partial charge on any atom is 0.0581 e. The number of aliphatic hydroxyl groups is 2. The smallest absolute Gasteiger partial charge is 0.0581 e. The van der Waals surface area contributed by atoms with E-state index in [9.17, 15) is 0 Å². The Bertz CT molecular complexity index is 51.5. The summed E-state index contributed by atoms with van der Waals surface area (Å²) in [7, 11) is 0. The van der Waals surface area contributed by atoms with Gasteiger partial charge in [-0.05, 0) is 6.92 Å². The van der Waals surface area contributed by atoms with Crippen molar-refractivity contribution in [1.29, 1.82) is 0 Å². The first kappa shape index (κ1) is 11.6. The molecule has 0 aromatic carbocycles. The van der Waals surface area contributed by atoms with Gasteiger partial charge in [-0.25, -0.2) is 0 Å². The molecule has 0 aromatic heterocycles. The summed E-state index contributed by atoms with van der Waals surface area (Å²) in [5.41, 5.74) is 0. The molecular formula is C5H15NO3. The second-order valence-electron chi connectivity index (χ2n) is 1.76. The van der Waals surface area contributed by atoms with Crippen LogP contribution in [0.2, 0.25) is 0 Å². The zero-order chi connectivity index (χ0) is 6.41. The molecule has 58 valence electrons. The van der Waals surface area contributed by atoms with Crippen LogP contribution in [0.3, 0.4) is 0 Å². The van der Waals surface area contributed by atoms with Crippen molar-refractivity contribution in [3.63, 3.8) is 0 Å². The predicted octanol–water partition coefficient (Wildman–Crippen LogP) is -1.88. The van der Waals surface area contributed by atoms with Gasteiger partial charge in [-0.3, -0.25) is 0 Å². The van der Waals surface area contributed by atoms with Gasteiger partial charge in [-0.2, -0.15) is 0 Å². The molecule has 0 rings (SSSR count). The van der Waals surface area contributed by atoms with Gasteiger partial charge in [0.25, 0.3) is 0 Å². The standard InChI is InChI=1S/C5H13NO2.H2O/c1-5(4-8)6-2-3-7;/h5-8H,2-4H2,1H3;1H2. The Kier molecular flexibility index (Phi) is 10.1. The van der Waals surface area contributed by atoms with Crippen molar-refractivity contribution >= 4 is 0 Å². The van der Waals surface area contributed by atoms with Gasteiger partial charge in [-0.15, -0.1) is 0 Å². The minimum atomic E-state index is 0. The van der Waals surface area contributed by atoms with Gasteiger partial charge in [0, 0.05) is 12.6 Å². The summed E-state index contributed by atoms with van der Waals surface area (Å²) < 4.78 is 0. The Labute approximate surface area is 54.8 Å². The zero-order valence-electron chi connectivity index (χ0n) is 5.59. The molecule has 4 nitrogen and oxygen atoms in total. The topological polar surface area (TPSA) is 84.0 Å². The van der Waals surface area contributed by atoms with Crippen LogP contribution in [0.1, 0.15) is 6.92 Å². The minimum Gasteiger partial charge on any atom is -0.412 e. The lowest BCUT2D eigenvalue weighted by atomic mass is 10.4. The molecular weight excluding hydrogens is 122 g/mol. The van der Waals surface area contributed by atoms with Gasteiger partial charge in [0.05, 0.1) is 13.2 Å². The fraction of sp³-hybridized carbons (Fsp3) is 1.00. The van der Waals surface area contributed by atoms with Crippen LogP contribution in [0.15, 0.2) is 0 Å². The molecule has 0 heterocycles. The van der Waals surface area contributed by atoms with Crippen molar-refractivity contribution in [2.75, 3.05) is 19.8 Å². The molecule has 0 aliphatic rings. The lowest BCUT2D eigenvalue weighted by Gasteiger charge is -2.07. The Morgan fingerprint density at radius 2 is 2.00 bits per heavy atom. The summed E-state index contributed by atoms with van der Waals surface area (Å²) in [4.78, 5) is 0. The van der Waals surface area contributed by atoms with Crippen molar-refractivity contribution in [1.82, 2.24) is 5.32 Å². The number of nitrogens with one attached hydrogen (secondary N) is 1. The quantitative estimate of drug-likeness (QED) is 0.424. The normalized spacial score (nSPS) is 12.3. The highest BCUT2D eigenvalue weighted by atomic mass is 16.3. The molecule has 9 heavy (non-hydrogen) atoms. The highest BCUT2D eigenvalue weighted by Crippen LogP contribution is 1.73. The molecule has 0 aliphatic carbocycles. The van der Waals surface area contributed by atoms with Crippen LogP contribution in [0, 0.1) is 0 Å². The average Bonchev–Trinajstić information content (AvgIpc) is 1.83. The summed E-state index contributed by atoms with van der Waals surface area (Å²) in [6, 6.07) is 0.0992. The fourth-order valence-electron chi connectivity index (χ4n) is 0.375. The van der Waals surface area contributed by atoms with Gasteiger partial charge in [0.15, 0.2) is 0 Å². The Morgan fingerprint density at radius 3 is 2.33 bits per heavy atom.